The van der Waals surface area contributed by atoms with E-state index in [-0.39, 0.29) is 32.4 Å². The molecule has 1 saturated heterocycles. The van der Waals surface area contributed by atoms with Crippen molar-refractivity contribution in [2.45, 2.75) is 55.5 Å². The fourth-order valence-electron chi connectivity index (χ4n) is 4.70. The van der Waals surface area contributed by atoms with Crippen molar-refractivity contribution in [1.29, 1.82) is 0 Å². The largest absolute Gasteiger partial charge is 0.489 e. The van der Waals surface area contributed by atoms with Gasteiger partial charge >= 0.3 is 12.1 Å². The third kappa shape index (κ3) is 5.40. The maximum absolute atomic E-state index is 13.5. The van der Waals surface area contributed by atoms with Crippen LogP contribution in [0.1, 0.15) is 49.6 Å². The first-order valence-corrected chi connectivity index (χ1v) is 12.7. The molecular formula is C24H28Cl3NO9. The Balaban J connectivity index is 1.97. The van der Waals surface area contributed by atoms with Gasteiger partial charge in [-0.3, -0.25) is 4.90 Å². The lowest BCUT2D eigenvalue weighted by atomic mass is 9.82. The van der Waals surface area contributed by atoms with Crippen LogP contribution in [0.25, 0.3) is 0 Å². The van der Waals surface area contributed by atoms with E-state index in [4.69, 9.17) is 68.0 Å². The van der Waals surface area contributed by atoms with E-state index in [9.17, 15) is 9.59 Å². The van der Waals surface area contributed by atoms with Gasteiger partial charge in [-0.05, 0) is 27.7 Å². The molecule has 0 bridgehead atoms. The van der Waals surface area contributed by atoms with E-state index >= 15 is 0 Å². The van der Waals surface area contributed by atoms with Crippen LogP contribution in [0.2, 0.25) is 0 Å². The Hall–Kier alpha value is -2.11. The molecule has 204 valence electrons. The number of esters is 1. The van der Waals surface area contributed by atoms with Gasteiger partial charge in [-0.2, -0.15) is 0 Å². The molecular weight excluding hydrogens is 553 g/mol. The fraction of sp³-hybridized carbons (Fsp3) is 0.583. The molecule has 1 aromatic carbocycles. The van der Waals surface area contributed by atoms with E-state index in [0.29, 0.717) is 28.2 Å². The van der Waals surface area contributed by atoms with Crippen LogP contribution < -0.4 is 14.2 Å². The average Bonchev–Trinajstić information content (AvgIpc) is 3.31. The van der Waals surface area contributed by atoms with Crippen LogP contribution >= 0.6 is 34.8 Å². The SMILES string of the molecule is C=CCOc1c(C)c2c(c3c1[C@H]1OC(C)(C)OC[C@H]1N(C(=O)OCC(Cl)(Cl)Cl)[C@H]3C(=O)OCC)OCO2. The number of alkyl halides is 3. The van der Waals surface area contributed by atoms with Crippen molar-refractivity contribution in [2.24, 2.45) is 0 Å². The summed E-state index contributed by atoms with van der Waals surface area (Å²) in [7, 11) is 0. The van der Waals surface area contributed by atoms with Crippen LogP contribution in [0, 0.1) is 6.92 Å². The highest BCUT2D eigenvalue weighted by Gasteiger charge is 2.56. The number of carbonyl (C=O) groups excluding carboxylic acids is 2. The Bertz CT molecular complexity index is 1090. The molecule has 1 aromatic rings. The molecule has 3 aliphatic rings. The number of hydrogen-bond donors (Lipinski definition) is 0. The number of rotatable bonds is 6. The molecule has 0 aromatic heterocycles. The number of halogens is 3. The molecule has 0 saturated carbocycles. The number of hydrogen-bond acceptors (Lipinski definition) is 9. The summed E-state index contributed by atoms with van der Waals surface area (Å²) in [6.45, 7) is 10.3. The molecule has 3 heterocycles. The topological polar surface area (TPSA) is 102 Å². The molecule has 1 amide bonds. The van der Waals surface area contributed by atoms with E-state index in [1.165, 1.54) is 4.90 Å². The van der Waals surface area contributed by atoms with Crippen LogP contribution in [0.5, 0.6) is 17.2 Å². The van der Waals surface area contributed by atoms with Gasteiger partial charge in [-0.25, -0.2) is 9.59 Å². The van der Waals surface area contributed by atoms with Gasteiger partial charge in [0.15, 0.2) is 23.3 Å². The summed E-state index contributed by atoms with van der Waals surface area (Å²) in [6.07, 6.45) is -0.147. The fourth-order valence-corrected chi connectivity index (χ4v) is 4.86. The number of benzene rings is 1. The van der Waals surface area contributed by atoms with Gasteiger partial charge in [-0.1, -0.05) is 47.5 Å². The monoisotopic (exact) mass is 579 g/mol. The van der Waals surface area contributed by atoms with Gasteiger partial charge in [0.1, 0.15) is 25.1 Å². The molecule has 0 radical (unpaired) electrons. The first-order chi connectivity index (χ1) is 17.4. The molecule has 1 fully saturated rings. The predicted molar refractivity (Wildman–Crippen MR) is 133 cm³/mol. The lowest BCUT2D eigenvalue weighted by molar-refractivity contribution is -0.299. The van der Waals surface area contributed by atoms with Crippen LogP contribution in [-0.2, 0) is 23.7 Å². The standard InChI is InChI=1S/C24H28Cl3NO9/c1-6-8-32-17-12(3)18-20(35-11-34-18)14-15(17)19-13(9-36-23(4,5)37-19)28(16(14)21(29)31-7-2)22(30)33-10-24(25,26)27/h6,13,16,19H,1,7-11H2,2-5H3/t13-,16-,19+/m1/s1. The Morgan fingerprint density at radius 1 is 1.19 bits per heavy atom. The molecule has 0 N–H and O–H groups in total. The number of amides is 1. The van der Waals surface area contributed by atoms with Crippen LogP contribution in [0.3, 0.4) is 0 Å². The summed E-state index contributed by atoms with van der Waals surface area (Å²) in [4.78, 5) is 28.2. The van der Waals surface area contributed by atoms with Crippen LogP contribution in [0.4, 0.5) is 4.79 Å². The van der Waals surface area contributed by atoms with Gasteiger partial charge < -0.3 is 33.2 Å². The van der Waals surface area contributed by atoms with E-state index in [0.717, 1.165) is 0 Å². The zero-order valence-corrected chi connectivity index (χ0v) is 23.1. The molecule has 13 heteroatoms. The van der Waals surface area contributed by atoms with Crippen molar-refractivity contribution < 1.29 is 42.7 Å². The summed E-state index contributed by atoms with van der Waals surface area (Å²) in [6, 6.07) is -2.15. The lowest BCUT2D eigenvalue weighted by Crippen LogP contribution is -2.59. The van der Waals surface area contributed by atoms with Gasteiger partial charge in [0.2, 0.25) is 10.6 Å². The summed E-state index contributed by atoms with van der Waals surface area (Å²) < 4.78 is 38.7. The van der Waals surface area contributed by atoms with Gasteiger partial charge in [-0.15, -0.1) is 0 Å². The van der Waals surface area contributed by atoms with Crippen molar-refractivity contribution in [3.05, 3.63) is 29.3 Å². The third-order valence-corrected chi connectivity index (χ3v) is 6.38. The highest BCUT2D eigenvalue weighted by atomic mass is 35.6. The summed E-state index contributed by atoms with van der Waals surface area (Å²) in [5, 5.41) is 0. The summed E-state index contributed by atoms with van der Waals surface area (Å²) >= 11 is 17.5. The van der Waals surface area contributed by atoms with Crippen molar-refractivity contribution >= 4 is 46.9 Å². The smallest absolute Gasteiger partial charge is 0.411 e. The first kappa shape index (κ1) is 27.9. The quantitative estimate of drug-likeness (QED) is 0.264. The number of carbonyl (C=O) groups is 2. The highest BCUT2D eigenvalue weighted by Crippen LogP contribution is 2.57. The number of fused-ring (bicyclic) bond motifs is 5. The maximum atomic E-state index is 13.5. The highest BCUT2D eigenvalue weighted by molar-refractivity contribution is 6.67. The van der Waals surface area contributed by atoms with Crippen LogP contribution in [-0.4, -0.2) is 65.8 Å². The Morgan fingerprint density at radius 2 is 1.89 bits per heavy atom. The molecule has 0 aliphatic carbocycles. The van der Waals surface area contributed by atoms with Gasteiger partial charge in [0, 0.05) is 16.7 Å². The maximum Gasteiger partial charge on any atom is 0.411 e. The summed E-state index contributed by atoms with van der Waals surface area (Å²) in [5.74, 6) is -0.666. The van der Waals surface area contributed by atoms with E-state index in [2.05, 4.69) is 6.58 Å². The second-order valence-electron chi connectivity index (χ2n) is 8.99. The molecule has 0 unspecified atom stereocenters. The molecule has 3 atom stereocenters. The number of ether oxygens (including phenoxy) is 7. The number of nitrogens with zero attached hydrogens (tertiary/aromatic N) is 1. The summed E-state index contributed by atoms with van der Waals surface area (Å²) in [5.41, 5.74) is 1.48. The van der Waals surface area contributed by atoms with Crippen molar-refractivity contribution in [3.8, 4) is 17.2 Å². The first-order valence-electron chi connectivity index (χ1n) is 11.6. The average molecular weight is 581 g/mol. The van der Waals surface area contributed by atoms with Crippen molar-refractivity contribution in [1.82, 2.24) is 4.90 Å². The second kappa shape index (κ2) is 10.6. The Kier molecular flexibility index (Phi) is 7.97. The second-order valence-corrected chi connectivity index (χ2v) is 11.5. The van der Waals surface area contributed by atoms with Crippen molar-refractivity contribution in [2.75, 3.05) is 33.2 Å². The normalized spacial score (nSPS) is 23.5. The Labute approximate surface area is 229 Å². The van der Waals surface area contributed by atoms with E-state index < -0.39 is 46.4 Å². The molecule has 10 nitrogen and oxygen atoms in total. The van der Waals surface area contributed by atoms with E-state index in [1.54, 1.807) is 26.8 Å². The van der Waals surface area contributed by atoms with Crippen LogP contribution in [0.15, 0.2) is 12.7 Å². The predicted octanol–water partition coefficient (Wildman–Crippen LogP) is 4.91. The minimum absolute atomic E-state index is 0.00423. The zero-order valence-electron chi connectivity index (χ0n) is 20.8. The minimum Gasteiger partial charge on any atom is -0.489 e. The van der Waals surface area contributed by atoms with Gasteiger partial charge in [0.25, 0.3) is 0 Å². The lowest BCUT2D eigenvalue weighted by Gasteiger charge is -2.50. The molecule has 0 spiro atoms. The third-order valence-electron chi connectivity index (χ3n) is 6.05. The Morgan fingerprint density at radius 3 is 2.54 bits per heavy atom. The van der Waals surface area contributed by atoms with Crippen molar-refractivity contribution in [3.63, 3.8) is 0 Å². The zero-order chi connectivity index (χ0) is 27.1. The van der Waals surface area contributed by atoms with Gasteiger partial charge in [0.05, 0.1) is 19.3 Å². The van der Waals surface area contributed by atoms with E-state index in [1.807, 2.05) is 6.92 Å². The molecule has 4 rings (SSSR count). The molecule has 37 heavy (non-hydrogen) atoms. The minimum atomic E-state index is -1.87. The molecule has 3 aliphatic heterocycles.